The maximum absolute atomic E-state index is 13.6. The maximum Gasteiger partial charge on any atom is 0.411 e. The summed E-state index contributed by atoms with van der Waals surface area (Å²) in [6.45, 7) is 6.88. The molecule has 1 aliphatic heterocycles. The first-order valence-electron chi connectivity index (χ1n) is 10.0. The van der Waals surface area contributed by atoms with Gasteiger partial charge in [-0.1, -0.05) is 48.0 Å². The molecule has 2 aromatic carbocycles. The number of ether oxygens (including phenoxy) is 1. The lowest BCUT2D eigenvalue weighted by Crippen LogP contribution is -2.45. The largest absolute Gasteiger partial charge is 0.480 e. The number of sulfone groups is 1. The monoisotopic (exact) mass is 445 g/mol. The molecule has 3 rings (SSSR count). The molecule has 1 heterocycles. The summed E-state index contributed by atoms with van der Waals surface area (Å²) in [6.07, 6.45) is -1.08. The minimum atomic E-state index is -3.94. The fraction of sp³-hybridized carbons (Fsp3) is 0.391. The van der Waals surface area contributed by atoms with Crippen LogP contribution in [-0.2, 0) is 19.4 Å². The highest BCUT2D eigenvalue weighted by molar-refractivity contribution is 7.92. The second-order valence-corrected chi connectivity index (χ2v) is 10.9. The molecule has 0 aliphatic carbocycles. The number of carbonyl (C=O) groups is 2. The third kappa shape index (κ3) is 4.74. The Bertz CT molecular complexity index is 1070. The van der Waals surface area contributed by atoms with Gasteiger partial charge in [0, 0.05) is 0 Å². The zero-order chi connectivity index (χ0) is 23.0. The number of carboxylic acid groups (broad SMARTS) is 1. The second kappa shape index (κ2) is 8.34. The van der Waals surface area contributed by atoms with Crippen molar-refractivity contribution >= 4 is 21.9 Å². The van der Waals surface area contributed by atoms with Crippen LogP contribution in [0.4, 0.5) is 4.79 Å². The van der Waals surface area contributed by atoms with Crippen LogP contribution in [0.25, 0.3) is 0 Å². The Morgan fingerprint density at radius 3 is 2.26 bits per heavy atom. The van der Waals surface area contributed by atoms with Gasteiger partial charge in [-0.25, -0.2) is 18.0 Å². The Balaban J connectivity index is 2.18. The fourth-order valence-electron chi connectivity index (χ4n) is 3.92. The molecule has 0 bridgehead atoms. The molecule has 31 heavy (non-hydrogen) atoms. The first-order chi connectivity index (χ1) is 14.4. The van der Waals surface area contributed by atoms with E-state index in [9.17, 15) is 23.1 Å². The van der Waals surface area contributed by atoms with Gasteiger partial charge >= 0.3 is 12.1 Å². The highest BCUT2D eigenvalue weighted by Crippen LogP contribution is 2.43. The smallest absolute Gasteiger partial charge is 0.411 e. The van der Waals surface area contributed by atoms with Crippen molar-refractivity contribution < 1.29 is 27.9 Å². The van der Waals surface area contributed by atoms with E-state index in [1.165, 1.54) is 12.1 Å². The summed E-state index contributed by atoms with van der Waals surface area (Å²) in [5, 5.41) is 8.73. The average Bonchev–Trinajstić information content (AvgIpc) is 3.09. The van der Waals surface area contributed by atoms with E-state index in [-0.39, 0.29) is 11.3 Å². The average molecular weight is 446 g/mol. The van der Waals surface area contributed by atoms with E-state index in [2.05, 4.69) is 0 Å². The molecule has 1 saturated heterocycles. The molecule has 0 spiro atoms. The summed E-state index contributed by atoms with van der Waals surface area (Å²) in [4.78, 5) is 26.4. The number of benzene rings is 2. The molecule has 1 aliphatic rings. The van der Waals surface area contributed by atoms with Crippen LogP contribution in [0.3, 0.4) is 0 Å². The van der Waals surface area contributed by atoms with Crippen molar-refractivity contribution in [3.63, 3.8) is 0 Å². The van der Waals surface area contributed by atoms with Crippen molar-refractivity contribution in [1.29, 1.82) is 0 Å². The van der Waals surface area contributed by atoms with Crippen molar-refractivity contribution in [3.05, 3.63) is 65.7 Å². The zero-order valence-corrected chi connectivity index (χ0v) is 18.8. The van der Waals surface area contributed by atoms with Crippen LogP contribution < -0.4 is 0 Å². The molecule has 1 N–H and O–H groups in total. The fourth-order valence-corrected chi connectivity index (χ4v) is 5.87. The Kier molecular flexibility index (Phi) is 6.14. The van der Waals surface area contributed by atoms with Crippen LogP contribution in [-0.4, -0.2) is 47.4 Å². The van der Waals surface area contributed by atoms with Crippen molar-refractivity contribution in [2.24, 2.45) is 0 Å². The van der Waals surface area contributed by atoms with Crippen molar-refractivity contribution in [3.8, 4) is 0 Å². The van der Waals surface area contributed by atoms with Gasteiger partial charge in [-0.15, -0.1) is 0 Å². The number of aliphatic carboxylic acids is 1. The molecule has 166 valence electrons. The van der Waals surface area contributed by atoms with E-state index in [0.717, 1.165) is 10.5 Å². The topological polar surface area (TPSA) is 101 Å². The van der Waals surface area contributed by atoms with Crippen LogP contribution in [0.2, 0.25) is 0 Å². The lowest BCUT2D eigenvalue weighted by molar-refractivity contribution is -0.142. The van der Waals surface area contributed by atoms with Crippen LogP contribution in [0.5, 0.6) is 0 Å². The third-order valence-corrected chi connectivity index (χ3v) is 7.36. The van der Waals surface area contributed by atoms with E-state index in [1.807, 2.05) is 13.0 Å². The molecule has 7 nitrogen and oxygen atoms in total. The molecule has 3 unspecified atom stereocenters. The van der Waals surface area contributed by atoms with E-state index in [0.29, 0.717) is 5.56 Å². The van der Waals surface area contributed by atoms with E-state index >= 15 is 0 Å². The second-order valence-electron chi connectivity index (χ2n) is 8.73. The molecular weight excluding hydrogens is 418 g/mol. The molecule has 1 amide bonds. The molecule has 8 heteroatoms. The number of rotatable bonds is 4. The highest BCUT2D eigenvalue weighted by Gasteiger charge is 2.54. The number of hydrogen-bond acceptors (Lipinski definition) is 5. The first kappa shape index (κ1) is 22.8. The van der Waals surface area contributed by atoms with E-state index in [1.54, 1.807) is 57.2 Å². The number of hydrogen-bond donors (Lipinski definition) is 1. The number of likely N-dealkylation sites (tertiary alicyclic amines) is 1. The van der Waals surface area contributed by atoms with Crippen molar-refractivity contribution in [2.45, 2.75) is 61.9 Å². The summed E-state index contributed by atoms with van der Waals surface area (Å²) in [5.41, 5.74) is 0.559. The third-order valence-electron chi connectivity index (χ3n) is 5.19. The standard InChI is InChI=1S/C23H27NO6S/c1-15-9-8-10-16(13-15)20-19(31(28,29)17-11-6-5-7-12-17)14-18(21(25)26)24(20)22(27)30-23(2,3)4/h5-13,18-20H,14H2,1-4H3,(H,25,26). The highest BCUT2D eigenvalue weighted by atomic mass is 32.2. The number of nitrogens with zero attached hydrogens (tertiary/aromatic N) is 1. The molecule has 0 radical (unpaired) electrons. The summed E-state index contributed by atoms with van der Waals surface area (Å²) < 4.78 is 32.6. The summed E-state index contributed by atoms with van der Waals surface area (Å²) in [6, 6.07) is 12.7. The van der Waals surface area contributed by atoms with Crippen LogP contribution in [0, 0.1) is 6.92 Å². The quantitative estimate of drug-likeness (QED) is 0.764. The Labute approximate surface area is 182 Å². The van der Waals surface area contributed by atoms with Gasteiger partial charge < -0.3 is 9.84 Å². The number of aryl methyl sites for hydroxylation is 1. The molecular formula is C23H27NO6S. The van der Waals surface area contributed by atoms with Gasteiger partial charge in [-0.2, -0.15) is 0 Å². The zero-order valence-electron chi connectivity index (χ0n) is 18.0. The lowest BCUT2D eigenvalue weighted by atomic mass is 10.0. The van der Waals surface area contributed by atoms with Gasteiger partial charge in [0.15, 0.2) is 9.84 Å². The van der Waals surface area contributed by atoms with Gasteiger partial charge in [0.25, 0.3) is 0 Å². The predicted molar refractivity (Wildman–Crippen MR) is 115 cm³/mol. The molecule has 3 atom stereocenters. The van der Waals surface area contributed by atoms with Crippen LogP contribution >= 0.6 is 0 Å². The van der Waals surface area contributed by atoms with Gasteiger partial charge in [0.2, 0.25) is 0 Å². The summed E-state index contributed by atoms with van der Waals surface area (Å²) in [5.74, 6) is -1.27. The van der Waals surface area contributed by atoms with Gasteiger partial charge in [0.05, 0.1) is 16.2 Å². The minimum absolute atomic E-state index is 0.0906. The molecule has 1 fully saturated rings. The summed E-state index contributed by atoms with van der Waals surface area (Å²) in [7, 11) is -3.94. The number of amides is 1. The number of carboxylic acids is 1. The SMILES string of the molecule is Cc1cccc(C2C(S(=O)(=O)c3ccccc3)CC(C(=O)O)N2C(=O)OC(C)(C)C)c1. The summed E-state index contributed by atoms with van der Waals surface area (Å²) >= 11 is 0. The Hall–Kier alpha value is -2.87. The van der Waals surface area contributed by atoms with Crippen LogP contribution in [0.15, 0.2) is 59.5 Å². The van der Waals surface area contributed by atoms with Gasteiger partial charge in [0.1, 0.15) is 11.6 Å². The van der Waals surface area contributed by atoms with E-state index < -0.39 is 44.8 Å². The van der Waals surface area contributed by atoms with Crippen molar-refractivity contribution in [2.75, 3.05) is 0 Å². The van der Waals surface area contributed by atoms with Crippen molar-refractivity contribution in [1.82, 2.24) is 4.90 Å². The Morgan fingerprint density at radius 2 is 1.71 bits per heavy atom. The minimum Gasteiger partial charge on any atom is -0.480 e. The maximum atomic E-state index is 13.6. The Morgan fingerprint density at radius 1 is 1.06 bits per heavy atom. The first-order valence-corrected chi connectivity index (χ1v) is 11.6. The lowest BCUT2D eigenvalue weighted by Gasteiger charge is -2.32. The predicted octanol–water partition coefficient (Wildman–Crippen LogP) is 3.97. The molecule has 0 aromatic heterocycles. The molecule has 2 aromatic rings. The normalized spacial score (nSPS) is 21.7. The molecule has 0 saturated carbocycles. The van der Waals surface area contributed by atoms with Gasteiger partial charge in [-0.05, 0) is 51.8 Å². The van der Waals surface area contributed by atoms with Gasteiger partial charge in [-0.3, -0.25) is 4.90 Å². The van der Waals surface area contributed by atoms with E-state index in [4.69, 9.17) is 4.74 Å². The van der Waals surface area contributed by atoms with Crippen LogP contribution in [0.1, 0.15) is 44.4 Å². The number of carbonyl (C=O) groups excluding carboxylic acids is 1.